The number of hydrogen-bond donors (Lipinski definition) is 1. The van der Waals surface area contributed by atoms with E-state index in [-0.39, 0.29) is 6.54 Å². The third kappa shape index (κ3) is 3.62. The number of carbonyl (C=O) groups excluding carboxylic acids is 1. The molecule has 104 valence electrons. The average molecular weight is 263 g/mol. The smallest absolute Gasteiger partial charge is 0.377 e. The van der Waals surface area contributed by atoms with Crippen LogP contribution in [-0.4, -0.2) is 43.8 Å². The summed E-state index contributed by atoms with van der Waals surface area (Å²) in [4.78, 5) is 10.7. The van der Waals surface area contributed by atoms with Crippen molar-refractivity contribution in [3.8, 4) is 0 Å². The minimum absolute atomic E-state index is 0.259. The van der Waals surface area contributed by atoms with E-state index < -0.39 is 24.4 Å². The molecule has 1 aliphatic heterocycles. The zero-order valence-electron chi connectivity index (χ0n) is 10.3. The lowest BCUT2D eigenvalue weighted by Crippen LogP contribution is -2.30. The summed E-state index contributed by atoms with van der Waals surface area (Å²) in [5.41, 5.74) is 0. The topological polar surface area (TPSA) is 47.6 Å². The van der Waals surface area contributed by atoms with Crippen LogP contribution in [0, 0.1) is 0 Å². The first-order valence-corrected chi connectivity index (χ1v) is 6.49. The standard InChI is InChI=1S/C12H19F2NO3/c13-12(14)7-10(18-11(12)16)8-15-5-6-17-9-3-1-2-4-9/h9-10,15H,1-8H2. The van der Waals surface area contributed by atoms with Gasteiger partial charge in [0, 0.05) is 13.1 Å². The highest BCUT2D eigenvalue weighted by Gasteiger charge is 2.50. The van der Waals surface area contributed by atoms with Crippen LogP contribution >= 0.6 is 0 Å². The number of carbonyl (C=O) groups is 1. The first-order valence-electron chi connectivity index (χ1n) is 6.49. The Hall–Kier alpha value is -0.750. The number of ether oxygens (including phenoxy) is 2. The first kappa shape index (κ1) is 13.7. The second-order valence-electron chi connectivity index (χ2n) is 4.92. The Morgan fingerprint density at radius 3 is 2.72 bits per heavy atom. The van der Waals surface area contributed by atoms with Crippen molar-refractivity contribution in [1.82, 2.24) is 5.32 Å². The Kier molecular flexibility index (Phi) is 4.50. The molecule has 0 aromatic heterocycles. The highest BCUT2D eigenvalue weighted by Crippen LogP contribution is 2.30. The summed E-state index contributed by atoms with van der Waals surface area (Å²) in [6.07, 6.45) is 3.80. The van der Waals surface area contributed by atoms with E-state index in [1.165, 1.54) is 12.8 Å². The minimum atomic E-state index is -3.31. The monoisotopic (exact) mass is 263 g/mol. The van der Waals surface area contributed by atoms with Crippen LogP contribution in [0.2, 0.25) is 0 Å². The van der Waals surface area contributed by atoms with E-state index in [0.717, 1.165) is 12.8 Å². The van der Waals surface area contributed by atoms with E-state index in [1.54, 1.807) is 0 Å². The molecule has 0 aromatic carbocycles. The van der Waals surface area contributed by atoms with Crippen LogP contribution in [0.1, 0.15) is 32.1 Å². The zero-order valence-corrected chi connectivity index (χ0v) is 10.3. The SMILES string of the molecule is O=C1OC(CNCCOC2CCCC2)CC1(F)F. The maximum absolute atomic E-state index is 12.8. The van der Waals surface area contributed by atoms with Crippen molar-refractivity contribution in [1.29, 1.82) is 0 Å². The van der Waals surface area contributed by atoms with Gasteiger partial charge in [-0.2, -0.15) is 8.78 Å². The van der Waals surface area contributed by atoms with E-state index in [0.29, 0.717) is 19.3 Å². The Morgan fingerprint density at radius 1 is 1.39 bits per heavy atom. The number of alkyl halides is 2. The van der Waals surface area contributed by atoms with E-state index in [1.807, 2.05) is 0 Å². The van der Waals surface area contributed by atoms with Crippen molar-refractivity contribution >= 4 is 5.97 Å². The summed E-state index contributed by atoms with van der Waals surface area (Å²) in [5, 5.41) is 2.97. The summed E-state index contributed by atoms with van der Waals surface area (Å²) >= 11 is 0. The molecule has 1 N–H and O–H groups in total. The molecule has 1 heterocycles. The molecule has 1 saturated carbocycles. The summed E-state index contributed by atoms with van der Waals surface area (Å²) in [5.74, 6) is -4.72. The van der Waals surface area contributed by atoms with Crippen molar-refractivity contribution in [2.45, 2.75) is 50.2 Å². The maximum atomic E-state index is 12.8. The van der Waals surface area contributed by atoms with Crippen molar-refractivity contribution in [3.63, 3.8) is 0 Å². The molecule has 1 saturated heterocycles. The number of rotatable bonds is 6. The average Bonchev–Trinajstić information content (AvgIpc) is 2.88. The van der Waals surface area contributed by atoms with Gasteiger partial charge in [-0.3, -0.25) is 0 Å². The molecule has 4 nitrogen and oxygen atoms in total. The molecule has 1 unspecified atom stereocenters. The molecule has 18 heavy (non-hydrogen) atoms. The van der Waals surface area contributed by atoms with Crippen LogP contribution in [0.5, 0.6) is 0 Å². The molecule has 1 aliphatic carbocycles. The third-order valence-corrected chi connectivity index (χ3v) is 3.36. The Labute approximate surface area is 105 Å². The van der Waals surface area contributed by atoms with Gasteiger partial charge in [0.2, 0.25) is 0 Å². The van der Waals surface area contributed by atoms with Crippen molar-refractivity contribution in [2.75, 3.05) is 19.7 Å². The number of halogens is 2. The molecule has 6 heteroatoms. The van der Waals surface area contributed by atoms with Crippen molar-refractivity contribution < 1.29 is 23.0 Å². The minimum Gasteiger partial charge on any atom is -0.456 e. The fraction of sp³-hybridized carbons (Fsp3) is 0.917. The van der Waals surface area contributed by atoms with Crippen molar-refractivity contribution in [3.05, 3.63) is 0 Å². The lowest BCUT2D eigenvalue weighted by atomic mass is 10.2. The van der Waals surface area contributed by atoms with Crippen LogP contribution in [0.15, 0.2) is 0 Å². The van der Waals surface area contributed by atoms with Crippen LogP contribution < -0.4 is 5.32 Å². The predicted octanol–water partition coefficient (Wildman–Crippen LogP) is 1.49. The van der Waals surface area contributed by atoms with E-state index in [9.17, 15) is 13.6 Å². The van der Waals surface area contributed by atoms with Crippen LogP contribution in [0.3, 0.4) is 0 Å². The van der Waals surface area contributed by atoms with E-state index >= 15 is 0 Å². The quantitative estimate of drug-likeness (QED) is 0.582. The Bertz CT molecular complexity index is 293. The zero-order chi connectivity index (χ0) is 13.0. The summed E-state index contributed by atoms with van der Waals surface area (Å²) in [7, 11) is 0. The lowest BCUT2D eigenvalue weighted by Gasteiger charge is -2.13. The lowest BCUT2D eigenvalue weighted by molar-refractivity contribution is -0.159. The van der Waals surface area contributed by atoms with Gasteiger partial charge in [-0.05, 0) is 12.8 Å². The summed E-state index contributed by atoms with van der Waals surface area (Å²) in [6.45, 7) is 1.42. The Balaban J connectivity index is 1.52. The van der Waals surface area contributed by atoms with Gasteiger partial charge in [0.1, 0.15) is 6.10 Å². The number of hydrogen-bond acceptors (Lipinski definition) is 4. The Morgan fingerprint density at radius 2 is 2.11 bits per heavy atom. The van der Waals surface area contributed by atoms with Gasteiger partial charge in [-0.25, -0.2) is 4.79 Å². The molecular weight excluding hydrogens is 244 g/mol. The molecule has 0 amide bonds. The predicted molar refractivity (Wildman–Crippen MR) is 60.5 cm³/mol. The van der Waals surface area contributed by atoms with Crippen LogP contribution in [0.25, 0.3) is 0 Å². The number of cyclic esters (lactones) is 1. The van der Waals surface area contributed by atoms with Crippen LogP contribution in [-0.2, 0) is 14.3 Å². The first-order chi connectivity index (χ1) is 8.58. The molecule has 0 aromatic rings. The van der Waals surface area contributed by atoms with Gasteiger partial charge < -0.3 is 14.8 Å². The van der Waals surface area contributed by atoms with Gasteiger partial charge in [-0.15, -0.1) is 0 Å². The molecule has 1 atom stereocenters. The van der Waals surface area contributed by atoms with Gasteiger partial charge in [0.05, 0.1) is 19.1 Å². The molecule has 0 spiro atoms. The molecule has 0 radical (unpaired) electrons. The highest BCUT2D eigenvalue weighted by molar-refractivity contribution is 5.79. The summed E-state index contributed by atoms with van der Waals surface area (Å²) < 4.78 is 35.9. The van der Waals surface area contributed by atoms with Gasteiger partial charge in [0.15, 0.2) is 0 Å². The second kappa shape index (κ2) is 5.93. The number of esters is 1. The van der Waals surface area contributed by atoms with E-state index in [2.05, 4.69) is 10.1 Å². The molecule has 2 rings (SSSR count). The van der Waals surface area contributed by atoms with Gasteiger partial charge in [0.25, 0.3) is 0 Å². The molecule has 0 bridgehead atoms. The fourth-order valence-corrected chi connectivity index (χ4v) is 2.38. The van der Waals surface area contributed by atoms with Gasteiger partial charge in [-0.1, -0.05) is 12.8 Å². The van der Waals surface area contributed by atoms with Crippen LogP contribution in [0.4, 0.5) is 8.78 Å². The summed E-state index contributed by atoms with van der Waals surface area (Å²) in [6, 6.07) is 0. The van der Waals surface area contributed by atoms with Crippen molar-refractivity contribution in [2.24, 2.45) is 0 Å². The normalized spacial score (nSPS) is 27.7. The molecular formula is C12H19F2NO3. The van der Waals surface area contributed by atoms with E-state index in [4.69, 9.17) is 4.74 Å². The molecule has 2 aliphatic rings. The fourth-order valence-electron chi connectivity index (χ4n) is 2.38. The molecule has 2 fully saturated rings. The largest absolute Gasteiger partial charge is 0.456 e. The second-order valence-corrected chi connectivity index (χ2v) is 4.92. The number of nitrogens with one attached hydrogen (secondary N) is 1. The third-order valence-electron chi connectivity index (χ3n) is 3.36. The highest BCUT2D eigenvalue weighted by atomic mass is 19.3. The maximum Gasteiger partial charge on any atom is 0.377 e. The van der Waals surface area contributed by atoms with Gasteiger partial charge >= 0.3 is 11.9 Å².